The van der Waals surface area contributed by atoms with E-state index in [2.05, 4.69) is 40.4 Å². The first kappa shape index (κ1) is 38.9. The van der Waals surface area contributed by atoms with Gasteiger partial charge in [0, 0.05) is 43.3 Å². The summed E-state index contributed by atoms with van der Waals surface area (Å²) in [5, 5.41) is 10.4. The molecule has 0 spiro atoms. The molecule has 2 aromatic heterocycles. The molecule has 1 unspecified atom stereocenters. The minimum absolute atomic E-state index is 0.0171. The molecule has 9 nitrogen and oxygen atoms in total. The van der Waals surface area contributed by atoms with Crippen LogP contribution in [0.2, 0.25) is 25.7 Å². The number of nitrogens with zero attached hydrogens (tertiary/aromatic N) is 3. The number of aromatic nitrogens is 3. The summed E-state index contributed by atoms with van der Waals surface area (Å²) >= 11 is 0. The predicted octanol–water partition coefficient (Wildman–Crippen LogP) is 9.42. The average Bonchev–Trinajstić information content (AvgIpc) is 3.30. The Morgan fingerprint density at radius 2 is 1.59 bits per heavy atom. The Morgan fingerprint density at radius 3 is 2.12 bits per heavy atom. The number of alkyl halides is 2. The Labute approximate surface area is 292 Å². The highest BCUT2D eigenvalue weighted by atomic mass is 28.3. The largest absolute Gasteiger partial charge is 0.444 e. The van der Waals surface area contributed by atoms with Crippen molar-refractivity contribution in [2.75, 3.05) is 11.9 Å². The highest BCUT2D eigenvalue weighted by molar-refractivity contribution is 6.76. The first-order valence-electron chi connectivity index (χ1n) is 18.2. The summed E-state index contributed by atoms with van der Waals surface area (Å²) in [4.78, 5) is 31.9. The number of aryl methyl sites for hydroxylation is 1. The van der Waals surface area contributed by atoms with Crippen LogP contribution >= 0.6 is 0 Å². The molecular formula is C37H59F2N5O4Si. The van der Waals surface area contributed by atoms with Crippen LogP contribution in [0.1, 0.15) is 108 Å². The second-order valence-corrected chi connectivity index (χ2v) is 22.0. The first-order chi connectivity index (χ1) is 23.0. The minimum Gasteiger partial charge on any atom is -0.444 e. The molecule has 2 saturated carbocycles. The van der Waals surface area contributed by atoms with Crippen molar-refractivity contribution in [3.8, 4) is 11.1 Å². The van der Waals surface area contributed by atoms with Crippen molar-refractivity contribution in [1.82, 2.24) is 20.1 Å². The van der Waals surface area contributed by atoms with Gasteiger partial charge >= 0.3 is 6.09 Å². The van der Waals surface area contributed by atoms with Gasteiger partial charge in [-0.15, -0.1) is 0 Å². The topological polar surface area (TPSA) is 107 Å². The van der Waals surface area contributed by atoms with Crippen LogP contribution in [0.4, 0.5) is 19.4 Å². The van der Waals surface area contributed by atoms with Gasteiger partial charge in [-0.25, -0.2) is 23.2 Å². The predicted molar refractivity (Wildman–Crippen MR) is 192 cm³/mol. The van der Waals surface area contributed by atoms with Crippen LogP contribution in [-0.4, -0.2) is 53.1 Å². The lowest BCUT2D eigenvalue weighted by atomic mass is 9.66. The Bertz CT molecular complexity index is 1390. The number of nitrogens with one attached hydrogen (secondary N) is 2. The number of carbonyl (C=O) groups is 2. The molecule has 2 fully saturated rings. The summed E-state index contributed by atoms with van der Waals surface area (Å²) in [6.07, 6.45) is 8.61. The lowest BCUT2D eigenvalue weighted by Gasteiger charge is -2.42. The monoisotopic (exact) mass is 703 g/mol. The Hall–Kier alpha value is -2.86. The van der Waals surface area contributed by atoms with E-state index in [1.165, 1.54) is 25.1 Å². The SMILES string of the molecule is Cc1nn(COCC[Si](C)(C)C)c(C)c1-c1cnc(NC(=O)C(NC(=O)OC(C)(C)C)C(C2CCCCC2)C2CCCCC2)cc1C(F)F. The van der Waals surface area contributed by atoms with Gasteiger partial charge in [0.05, 0.1) is 5.69 Å². The summed E-state index contributed by atoms with van der Waals surface area (Å²) in [7, 11) is -1.26. The van der Waals surface area contributed by atoms with E-state index in [1.807, 2.05) is 6.92 Å². The molecule has 2 heterocycles. The van der Waals surface area contributed by atoms with E-state index in [0.29, 0.717) is 23.6 Å². The molecule has 2 aromatic rings. The third-order valence-corrected chi connectivity index (χ3v) is 11.7. The Morgan fingerprint density at radius 1 is 1.00 bits per heavy atom. The summed E-state index contributed by atoms with van der Waals surface area (Å²) in [5.41, 5.74) is 1.15. The number of hydrogen-bond donors (Lipinski definition) is 2. The van der Waals surface area contributed by atoms with E-state index in [0.717, 1.165) is 57.4 Å². The number of amides is 2. The van der Waals surface area contributed by atoms with Crippen molar-refractivity contribution in [1.29, 1.82) is 0 Å². The van der Waals surface area contributed by atoms with Gasteiger partial charge in [-0.3, -0.25) is 4.79 Å². The van der Waals surface area contributed by atoms with E-state index in [9.17, 15) is 18.4 Å². The second kappa shape index (κ2) is 16.9. The van der Waals surface area contributed by atoms with Crippen molar-refractivity contribution in [3.05, 3.63) is 29.2 Å². The zero-order valence-electron chi connectivity index (χ0n) is 31.0. The molecule has 274 valence electrons. The number of anilines is 1. The standard InChI is InChI=1S/C37H59F2N5O4Si/c1-24-31(25(2)44(43-24)23-47-19-20-49(6,7)8)29-22-40-30(21-28(29)34(38)39)41-35(45)33(42-36(46)48-37(3,4)5)32(26-15-11-9-12-16-26)27-17-13-10-14-18-27/h21-22,26-27,32-34H,9-20,23H2,1-8H3,(H,42,46)(H,40,41,45). The van der Waals surface area contributed by atoms with Gasteiger partial charge in [0.2, 0.25) is 5.91 Å². The molecule has 0 radical (unpaired) electrons. The number of rotatable bonds is 13. The lowest BCUT2D eigenvalue weighted by molar-refractivity contribution is -0.121. The molecule has 0 aliphatic heterocycles. The average molecular weight is 704 g/mol. The number of halogens is 2. The summed E-state index contributed by atoms with van der Waals surface area (Å²) < 4.78 is 42.6. The molecule has 2 N–H and O–H groups in total. The summed E-state index contributed by atoms with van der Waals surface area (Å²) in [6.45, 7) is 16.7. The van der Waals surface area contributed by atoms with Crippen molar-refractivity contribution < 1.29 is 27.8 Å². The van der Waals surface area contributed by atoms with Gasteiger partial charge in [0.1, 0.15) is 24.2 Å². The minimum atomic E-state index is -2.82. The molecule has 0 bridgehead atoms. The van der Waals surface area contributed by atoms with Crippen LogP contribution in [0.25, 0.3) is 11.1 Å². The molecule has 0 aromatic carbocycles. The van der Waals surface area contributed by atoms with Crippen LogP contribution in [0.15, 0.2) is 12.3 Å². The van der Waals surface area contributed by atoms with Crippen molar-refractivity contribution in [2.45, 2.75) is 149 Å². The van der Waals surface area contributed by atoms with Gasteiger partial charge in [-0.1, -0.05) is 83.8 Å². The number of carbonyl (C=O) groups excluding carboxylic acids is 2. The van der Waals surface area contributed by atoms with E-state index < -0.39 is 38.1 Å². The summed E-state index contributed by atoms with van der Waals surface area (Å²) in [5.74, 6) is 0.0191. The van der Waals surface area contributed by atoms with E-state index in [1.54, 1.807) is 32.4 Å². The van der Waals surface area contributed by atoms with Gasteiger partial charge in [-0.2, -0.15) is 5.10 Å². The lowest BCUT2D eigenvalue weighted by Crippen LogP contribution is -2.54. The molecule has 0 saturated heterocycles. The van der Waals surface area contributed by atoms with E-state index >= 15 is 0 Å². The maximum Gasteiger partial charge on any atom is 0.408 e. The van der Waals surface area contributed by atoms with Crippen LogP contribution in [0.5, 0.6) is 0 Å². The fourth-order valence-corrected chi connectivity index (χ4v) is 8.37. The molecule has 2 aliphatic carbocycles. The van der Waals surface area contributed by atoms with Crippen LogP contribution in [0.3, 0.4) is 0 Å². The fourth-order valence-electron chi connectivity index (χ4n) is 7.61. The van der Waals surface area contributed by atoms with Crippen molar-refractivity contribution >= 4 is 25.9 Å². The maximum absolute atomic E-state index is 14.7. The van der Waals surface area contributed by atoms with Gasteiger partial charge in [0.25, 0.3) is 6.43 Å². The van der Waals surface area contributed by atoms with Gasteiger partial charge < -0.3 is 20.1 Å². The number of alkyl carbamates (subject to hydrolysis) is 1. The van der Waals surface area contributed by atoms with Crippen LogP contribution < -0.4 is 10.6 Å². The number of hydrogen-bond acceptors (Lipinski definition) is 6. The quantitative estimate of drug-likeness (QED) is 0.159. The third kappa shape index (κ3) is 11.1. The third-order valence-electron chi connectivity index (χ3n) is 10.0. The van der Waals surface area contributed by atoms with Crippen LogP contribution in [0, 0.1) is 31.6 Å². The molecule has 2 aliphatic rings. The summed E-state index contributed by atoms with van der Waals surface area (Å²) in [6, 6.07) is 1.38. The normalized spacial score (nSPS) is 17.4. The van der Waals surface area contributed by atoms with Gasteiger partial charge in [-0.05, 0) is 64.5 Å². The van der Waals surface area contributed by atoms with Crippen LogP contribution in [-0.2, 0) is 21.0 Å². The van der Waals surface area contributed by atoms with Gasteiger partial charge in [0.15, 0.2) is 0 Å². The van der Waals surface area contributed by atoms with Crippen molar-refractivity contribution in [3.63, 3.8) is 0 Å². The molecule has 12 heteroatoms. The molecule has 49 heavy (non-hydrogen) atoms. The highest BCUT2D eigenvalue weighted by Gasteiger charge is 2.42. The second-order valence-electron chi connectivity index (χ2n) is 16.3. The van der Waals surface area contributed by atoms with E-state index in [4.69, 9.17) is 9.47 Å². The van der Waals surface area contributed by atoms with Crippen molar-refractivity contribution in [2.24, 2.45) is 17.8 Å². The highest BCUT2D eigenvalue weighted by Crippen LogP contribution is 2.42. The molecule has 2 amide bonds. The first-order valence-corrected chi connectivity index (χ1v) is 22.0. The number of pyridine rings is 1. The fraction of sp³-hybridized carbons (Fsp3) is 0.730. The molecule has 4 rings (SSSR count). The Balaban J connectivity index is 1.62. The molecule has 1 atom stereocenters. The smallest absolute Gasteiger partial charge is 0.408 e. The Kier molecular flexibility index (Phi) is 13.4. The number of ether oxygens (including phenoxy) is 2. The zero-order valence-corrected chi connectivity index (χ0v) is 32.0. The zero-order chi connectivity index (χ0) is 35.9. The molecular weight excluding hydrogens is 645 g/mol. The maximum atomic E-state index is 14.7. The van der Waals surface area contributed by atoms with E-state index in [-0.39, 0.29) is 41.4 Å².